The molecule has 0 aliphatic carbocycles. The molecule has 256 valence electrons. The minimum atomic E-state index is -3.79. The first-order valence-electron chi connectivity index (χ1n) is 15.9. The smallest absolute Gasteiger partial charge is 0.255 e. The van der Waals surface area contributed by atoms with E-state index in [0.717, 1.165) is 10.6 Å². The Morgan fingerprint density at radius 3 is 2.54 bits per heavy atom. The average molecular weight is 701 g/mol. The Morgan fingerprint density at radius 1 is 1.08 bits per heavy atom. The molecule has 5 aromatic rings. The van der Waals surface area contributed by atoms with Gasteiger partial charge in [-0.05, 0) is 54.6 Å². The maximum absolute atomic E-state index is 15.2. The van der Waals surface area contributed by atoms with Crippen molar-refractivity contribution < 1.29 is 26.4 Å². The van der Waals surface area contributed by atoms with Crippen LogP contribution in [0.3, 0.4) is 0 Å². The van der Waals surface area contributed by atoms with Crippen molar-refractivity contribution in [2.24, 2.45) is 4.99 Å². The van der Waals surface area contributed by atoms with Gasteiger partial charge in [0.15, 0.2) is 0 Å². The highest BCUT2D eigenvalue weighted by molar-refractivity contribution is 7.92. The molecule has 3 aliphatic rings. The second-order valence-electron chi connectivity index (χ2n) is 12.7. The number of alkyl halides is 1. The molecule has 0 radical (unpaired) electrons. The van der Waals surface area contributed by atoms with Crippen LogP contribution in [0.5, 0.6) is 0 Å². The van der Waals surface area contributed by atoms with E-state index < -0.39 is 34.0 Å². The van der Waals surface area contributed by atoms with Gasteiger partial charge in [-0.1, -0.05) is 6.07 Å². The van der Waals surface area contributed by atoms with E-state index in [1.807, 2.05) is 15.9 Å². The van der Waals surface area contributed by atoms with Gasteiger partial charge in [0.2, 0.25) is 10.0 Å². The van der Waals surface area contributed by atoms with Crippen molar-refractivity contribution in [3.05, 3.63) is 95.3 Å². The summed E-state index contributed by atoms with van der Waals surface area (Å²) >= 11 is 0. The third kappa shape index (κ3) is 5.19. The Bertz CT molecular complexity index is 2360. The third-order valence-corrected chi connectivity index (χ3v) is 10.7. The van der Waals surface area contributed by atoms with Gasteiger partial charge in [-0.15, -0.1) is 0 Å². The lowest BCUT2D eigenvalue weighted by Gasteiger charge is -2.39. The highest BCUT2D eigenvalue weighted by atomic mass is 32.2. The third-order valence-electron chi connectivity index (χ3n) is 9.52. The minimum absolute atomic E-state index is 0.204. The normalized spacial score (nSPS) is 17.2. The van der Waals surface area contributed by atoms with Crippen molar-refractivity contribution in [2.45, 2.75) is 18.6 Å². The lowest BCUT2D eigenvalue weighted by molar-refractivity contribution is 0.0805. The van der Waals surface area contributed by atoms with Gasteiger partial charge in [0.25, 0.3) is 5.91 Å². The molecule has 0 spiro atoms. The Labute approximate surface area is 285 Å². The first-order chi connectivity index (χ1) is 23.9. The molecule has 1 atom stereocenters. The van der Waals surface area contributed by atoms with Crippen LogP contribution in [-0.2, 0) is 16.4 Å². The summed E-state index contributed by atoms with van der Waals surface area (Å²) in [6.07, 6.45) is 2.01. The molecule has 3 aliphatic heterocycles. The van der Waals surface area contributed by atoms with E-state index in [0.29, 0.717) is 76.9 Å². The molecule has 2 aromatic carbocycles. The average Bonchev–Trinajstić information content (AvgIpc) is 3.66. The van der Waals surface area contributed by atoms with Crippen molar-refractivity contribution in [3.63, 3.8) is 0 Å². The molecular weight excluding hydrogens is 669 g/mol. The maximum atomic E-state index is 15.2. The molecule has 0 bridgehead atoms. The zero-order valence-electron chi connectivity index (χ0n) is 27.2. The summed E-state index contributed by atoms with van der Waals surface area (Å²) in [4.78, 5) is 27.2. The molecule has 8 rings (SSSR count). The van der Waals surface area contributed by atoms with Crippen LogP contribution in [0.1, 0.15) is 27.7 Å². The minimum Gasteiger partial charge on any atom is -0.355 e. The quantitative estimate of drug-likeness (QED) is 0.257. The first kappa shape index (κ1) is 32.0. The van der Waals surface area contributed by atoms with Gasteiger partial charge < -0.3 is 10.2 Å². The summed E-state index contributed by atoms with van der Waals surface area (Å²) in [7, 11) is -0.892. The summed E-state index contributed by atoms with van der Waals surface area (Å²) in [5.74, 6) is -0.579. The number of aliphatic imine (C=N–C) groups is 1. The number of amides is 1. The predicted molar refractivity (Wildman–Crippen MR) is 184 cm³/mol. The number of sulfonamides is 1. The van der Waals surface area contributed by atoms with Gasteiger partial charge >= 0.3 is 0 Å². The highest BCUT2D eigenvalue weighted by Crippen LogP contribution is 2.47. The standard InChI is InChI=1S/C35H31F3N8O3S/c1-39-35(47)32-28-14-23(30(43(2)50(3,48)49)17-45(28)42-33(32)19-7-9-20(36)10-8-19)25-11-12-26-34(41-25)29-13-22-24(38)5-4-6-27(22)46(29)31(40-26)18-44-15-21(37)16-44/h4-12,14,17,21,29H,13,15-16,18H2,1-3H3,(H,39,47). The van der Waals surface area contributed by atoms with Gasteiger partial charge in [-0.25, -0.2) is 36.1 Å². The van der Waals surface area contributed by atoms with Crippen LogP contribution in [0, 0.1) is 11.6 Å². The summed E-state index contributed by atoms with van der Waals surface area (Å²) in [6, 6.07) is 15.2. The number of likely N-dealkylation sites (tertiary alicyclic amines) is 1. The molecule has 11 nitrogen and oxygen atoms in total. The molecule has 1 fully saturated rings. The predicted octanol–water partition coefficient (Wildman–Crippen LogP) is 4.90. The molecule has 1 saturated heterocycles. The zero-order valence-corrected chi connectivity index (χ0v) is 28.0. The van der Waals surface area contributed by atoms with Gasteiger partial charge in [0.1, 0.15) is 29.3 Å². The van der Waals surface area contributed by atoms with Crippen molar-refractivity contribution in [3.8, 4) is 22.5 Å². The van der Waals surface area contributed by atoms with E-state index in [-0.39, 0.29) is 22.8 Å². The zero-order chi connectivity index (χ0) is 35.1. The number of amidine groups is 1. The number of fused-ring (bicyclic) bond motifs is 6. The van der Waals surface area contributed by atoms with E-state index in [1.165, 1.54) is 55.1 Å². The molecule has 15 heteroatoms. The van der Waals surface area contributed by atoms with Crippen molar-refractivity contribution in [1.82, 2.24) is 24.8 Å². The number of rotatable bonds is 7. The Morgan fingerprint density at radius 2 is 1.84 bits per heavy atom. The molecular formula is C35H31F3N8O3S. The largest absolute Gasteiger partial charge is 0.355 e. The SMILES string of the molecule is CNC(=O)c1c(-c2ccc(F)cc2)nn2cc(N(C)S(C)(=O)=O)c(-c3ccc4c(n3)C3Cc5c(F)cccc5N3C(CN3CC(F)C3)=N4)cc12. The second kappa shape index (κ2) is 11.7. The molecule has 1 amide bonds. The van der Waals surface area contributed by atoms with E-state index in [2.05, 4.69) is 10.4 Å². The Kier molecular flexibility index (Phi) is 7.45. The number of nitrogens with one attached hydrogen (secondary N) is 1. The molecule has 1 unspecified atom stereocenters. The fourth-order valence-corrected chi connectivity index (χ4v) is 7.44. The fourth-order valence-electron chi connectivity index (χ4n) is 6.94. The van der Waals surface area contributed by atoms with E-state index in [4.69, 9.17) is 9.98 Å². The summed E-state index contributed by atoms with van der Waals surface area (Å²) < 4.78 is 71.1. The second-order valence-corrected chi connectivity index (χ2v) is 14.7. The van der Waals surface area contributed by atoms with Crippen LogP contribution >= 0.6 is 0 Å². The summed E-state index contributed by atoms with van der Waals surface area (Å²) in [6.45, 7) is 0.978. The lowest BCUT2D eigenvalue weighted by Crippen LogP contribution is -2.53. The molecule has 3 aromatic heterocycles. The number of benzene rings is 2. The lowest BCUT2D eigenvalue weighted by atomic mass is 10.0. The van der Waals surface area contributed by atoms with Crippen LogP contribution in [0.15, 0.2) is 71.9 Å². The van der Waals surface area contributed by atoms with Gasteiger partial charge in [0.05, 0.1) is 58.9 Å². The van der Waals surface area contributed by atoms with Crippen molar-refractivity contribution in [2.75, 3.05) is 49.2 Å². The number of carbonyl (C=O) groups is 1. The van der Waals surface area contributed by atoms with E-state index in [1.54, 1.807) is 24.3 Å². The van der Waals surface area contributed by atoms with Gasteiger partial charge in [-0.3, -0.25) is 14.0 Å². The van der Waals surface area contributed by atoms with Crippen LogP contribution in [-0.4, -0.2) is 85.8 Å². The summed E-state index contributed by atoms with van der Waals surface area (Å²) in [5, 5.41) is 7.29. The molecule has 0 saturated carbocycles. The van der Waals surface area contributed by atoms with Crippen LogP contribution in [0.2, 0.25) is 0 Å². The molecule has 6 heterocycles. The molecule has 1 N–H and O–H groups in total. The Balaban J connectivity index is 1.32. The van der Waals surface area contributed by atoms with Gasteiger partial charge in [-0.2, -0.15) is 5.10 Å². The number of hydrogen-bond donors (Lipinski definition) is 1. The van der Waals surface area contributed by atoms with Crippen LogP contribution in [0.25, 0.3) is 28.0 Å². The highest BCUT2D eigenvalue weighted by Gasteiger charge is 2.42. The monoisotopic (exact) mass is 700 g/mol. The van der Waals surface area contributed by atoms with Crippen LogP contribution < -0.4 is 14.5 Å². The first-order valence-corrected chi connectivity index (χ1v) is 17.8. The van der Waals surface area contributed by atoms with E-state index >= 15 is 4.39 Å². The number of carbonyl (C=O) groups excluding carboxylic acids is 1. The van der Waals surface area contributed by atoms with Crippen molar-refractivity contribution in [1.29, 1.82) is 0 Å². The van der Waals surface area contributed by atoms with Gasteiger partial charge in [0, 0.05) is 56.0 Å². The Hall–Kier alpha value is -5.28. The number of aromatic nitrogens is 3. The fraction of sp³-hybridized carbons (Fsp3) is 0.257. The summed E-state index contributed by atoms with van der Waals surface area (Å²) in [5.41, 5.74) is 4.68. The number of nitrogens with zero attached hydrogens (tertiary/aromatic N) is 7. The van der Waals surface area contributed by atoms with E-state index in [9.17, 15) is 22.0 Å². The van der Waals surface area contributed by atoms with Crippen molar-refractivity contribution >= 4 is 44.3 Å². The number of pyridine rings is 2. The number of anilines is 2. The maximum Gasteiger partial charge on any atom is 0.255 e. The number of halogens is 3. The number of hydrogen-bond acceptors (Lipinski definition) is 8. The van der Waals surface area contributed by atoms with Crippen LogP contribution in [0.4, 0.5) is 30.2 Å². The molecule has 50 heavy (non-hydrogen) atoms. The topological polar surface area (TPSA) is 116 Å².